The smallest absolute Gasteiger partial charge is 0.0664 e. The van der Waals surface area contributed by atoms with Crippen LogP contribution >= 0.6 is 0 Å². The molecule has 1 heterocycles. The zero-order chi connectivity index (χ0) is 9.97. The van der Waals surface area contributed by atoms with Crippen LogP contribution in [0.25, 0.3) is 0 Å². The van der Waals surface area contributed by atoms with E-state index in [1.54, 1.807) is 18.5 Å². The Labute approximate surface area is 86.2 Å². The SMILES string of the molecule is Nc1cnccc1S(=O)CCC1CC1. The molecule has 1 atom stereocenters. The summed E-state index contributed by atoms with van der Waals surface area (Å²) in [6, 6.07) is 1.75. The highest BCUT2D eigenvalue weighted by Gasteiger charge is 2.22. The van der Waals surface area contributed by atoms with Crippen LogP contribution in [0.2, 0.25) is 0 Å². The second-order valence-corrected chi connectivity index (χ2v) is 5.23. The third kappa shape index (κ3) is 2.32. The van der Waals surface area contributed by atoms with Crippen LogP contribution in [0.5, 0.6) is 0 Å². The molecule has 14 heavy (non-hydrogen) atoms. The summed E-state index contributed by atoms with van der Waals surface area (Å²) >= 11 is 0. The Balaban J connectivity index is 1.98. The van der Waals surface area contributed by atoms with Gasteiger partial charge in [0.15, 0.2) is 0 Å². The van der Waals surface area contributed by atoms with Crippen LogP contribution < -0.4 is 5.73 Å². The van der Waals surface area contributed by atoms with E-state index in [-0.39, 0.29) is 0 Å². The molecule has 1 unspecified atom stereocenters. The monoisotopic (exact) mass is 210 g/mol. The fourth-order valence-electron chi connectivity index (χ4n) is 1.39. The van der Waals surface area contributed by atoms with E-state index in [4.69, 9.17) is 5.73 Å². The van der Waals surface area contributed by atoms with Gasteiger partial charge in [-0.15, -0.1) is 0 Å². The fourth-order valence-corrected chi connectivity index (χ4v) is 2.69. The summed E-state index contributed by atoms with van der Waals surface area (Å²) in [6.45, 7) is 0. The maximum absolute atomic E-state index is 11.8. The Morgan fingerprint density at radius 1 is 1.57 bits per heavy atom. The van der Waals surface area contributed by atoms with Crippen molar-refractivity contribution in [1.29, 1.82) is 0 Å². The van der Waals surface area contributed by atoms with Gasteiger partial charge in [0, 0.05) is 11.9 Å². The second kappa shape index (κ2) is 4.09. The van der Waals surface area contributed by atoms with E-state index in [1.807, 2.05) is 0 Å². The molecule has 4 heteroatoms. The Hall–Kier alpha value is -0.900. The van der Waals surface area contributed by atoms with Gasteiger partial charge in [0.2, 0.25) is 0 Å². The van der Waals surface area contributed by atoms with E-state index in [0.717, 1.165) is 23.0 Å². The van der Waals surface area contributed by atoms with Gasteiger partial charge in [0.05, 0.1) is 27.6 Å². The summed E-state index contributed by atoms with van der Waals surface area (Å²) in [5, 5.41) is 0. The number of nitrogens with two attached hydrogens (primary N) is 1. The van der Waals surface area contributed by atoms with Crippen molar-refractivity contribution in [3.8, 4) is 0 Å². The van der Waals surface area contributed by atoms with Crippen molar-refractivity contribution in [2.45, 2.75) is 24.2 Å². The summed E-state index contributed by atoms with van der Waals surface area (Å²) < 4.78 is 11.8. The zero-order valence-corrected chi connectivity index (χ0v) is 8.80. The maximum atomic E-state index is 11.8. The van der Waals surface area contributed by atoms with Crippen LogP contribution in [0.1, 0.15) is 19.3 Å². The lowest BCUT2D eigenvalue weighted by atomic mass is 10.3. The standard InChI is InChI=1S/C10H14N2OS/c11-9-7-12-5-3-10(9)14(13)6-4-8-1-2-8/h3,5,7-8H,1-2,4,6,11H2. The lowest BCUT2D eigenvalue weighted by Gasteiger charge is -2.03. The molecule has 0 radical (unpaired) electrons. The van der Waals surface area contributed by atoms with Crippen LogP contribution in [0.3, 0.4) is 0 Å². The number of hydrogen-bond acceptors (Lipinski definition) is 3. The van der Waals surface area contributed by atoms with Crippen LogP contribution in [-0.4, -0.2) is 14.9 Å². The highest BCUT2D eigenvalue weighted by Crippen LogP contribution is 2.33. The Morgan fingerprint density at radius 2 is 2.36 bits per heavy atom. The summed E-state index contributed by atoms with van der Waals surface area (Å²) in [5.41, 5.74) is 6.23. The molecule has 1 aliphatic rings. The fraction of sp³-hybridized carbons (Fsp3) is 0.500. The number of nitrogen functional groups attached to an aromatic ring is 1. The highest BCUT2D eigenvalue weighted by molar-refractivity contribution is 7.85. The predicted molar refractivity (Wildman–Crippen MR) is 57.3 cm³/mol. The quantitative estimate of drug-likeness (QED) is 0.820. The summed E-state index contributed by atoms with van der Waals surface area (Å²) in [7, 11) is -0.941. The van der Waals surface area contributed by atoms with Crippen molar-refractivity contribution in [3.05, 3.63) is 18.5 Å². The van der Waals surface area contributed by atoms with Crippen molar-refractivity contribution in [1.82, 2.24) is 4.98 Å². The van der Waals surface area contributed by atoms with Crippen molar-refractivity contribution in [3.63, 3.8) is 0 Å². The topological polar surface area (TPSA) is 56.0 Å². The number of nitrogens with zero attached hydrogens (tertiary/aromatic N) is 1. The minimum absolute atomic E-state index is 0.543. The molecular formula is C10H14N2OS. The molecule has 3 nitrogen and oxygen atoms in total. The average Bonchev–Trinajstić information content (AvgIpc) is 2.98. The van der Waals surface area contributed by atoms with Crippen molar-refractivity contribution in [2.75, 3.05) is 11.5 Å². The minimum atomic E-state index is -0.941. The van der Waals surface area contributed by atoms with E-state index >= 15 is 0 Å². The molecule has 2 N–H and O–H groups in total. The minimum Gasteiger partial charge on any atom is -0.396 e. The van der Waals surface area contributed by atoms with E-state index < -0.39 is 10.8 Å². The summed E-state index contributed by atoms with van der Waals surface area (Å²) in [4.78, 5) is 4.61. The molecule has 0 aliphatic heterocycles. The lowest BCUT2D eigenvalue weighted by molar-refractivity contribution is 0.676. The van der Waals surface area contributed by atoms with Gasteiger partial charge in [-0.2, -0.15) is 0 Å². The largest absolute Gasteiger partial charge is 0.396 e. The van der Waals surface area contributed by atoms with Gasteiger partial charge < -0.3 is 5.73 Å². The van der Waals surface area contributed by atoms with Gasteiger partial charge in [-0.05, 0) is 18.4 Å². The van der Waals surface area contributed by atoms with Crippen LogP contribution in [0, 0.1) is 5.92 Å². The predicted octanol–water partition coefficient (Wildman–Crippen LogP) is 1.57. The number of hydrogen-bond donors (Lipinski definition) is 1. The molecule has 1 fully saturated rings. The van der Waals surface area contributed by atoms with E-state index in [1.165, 1.54) is 12.8 Å². The third-order valence-electron chi connectivity index (χ3n) is 2.46. The van der Waals surface area contributed by atoms with E-state index in [9.17, 15) is 4.21 Å². The molecule has 2 rings (SSSR count). The van der Waals surface area contributed by atoms with E-state index in [2.05, 4.69) is 4.98 Å². The normalized spacial score (nSPS) is 18.0. The zero-order valence-electron chi connectivity index (χ0n) is 7.98. The first-order valence-corrected chi connectivity index (χ1v) is 6.17. The van der Waals surface area contributed by atoms with Crippen molar-refractivity contribution >= 4 is 16.5 Å². The Bertz CT molecular complexity index is 350. The second-order valence-electron chi connectivity index (χ2n) is 3.70. The maximum Gasteiger partial charge on any atom is 0.0664 e. The van der Waals surface area contributed by atoms with Gasteiger partial charge in [-0.3, -0.25) is 9.19 Å². The summed E-state index contributed by atoms with van der Waals surface area (Å²) in [5.74, 6) is 1.56. The molecule has 0 spiro atoms. The number of rotatable bonds is 4. The highest BCUT2D eigenvalue weighted by atomic mass is 32.2. The first-order chi connectivity index (χ1) is 6.77. The van der Waals surface area contributed by atoms with Crippen LogP contribution in [0.4, 0.5) is 5.69 Å². The van der Waals surface area contributed by atoms with Gasteiger partial charge >= 0.3 is 0 Å². The Morgan fingerprint density at radius 3 is 3.00 bits per heavy atom. The molecule has 0 amide bonds. The molecule has 1 saturated carbocycles. The molecule has 1 aromatic rings. The molecule has 0 saturated heterocycles. The van der Waals surface area contributed by atoms with Crippen LogP contribution in [0.15, 0.2) is 23.4 Å². The number of pyridine rings is 1. The Kier molecular flexibility index (Phi) is 2.82. The van der Waals surface area contributed by atoms with Crippen molar-refractivity contribution < 1.29 is 4.21 Å². The first-order valence-electron chi connectivity index (χ1n) is 4.85. The number of anilines is 1. The average molecular weight is 210 g/mol. The van der Waals surface area contributed by atoms with E-state index in [0.29, 0.717) is 5.69 Å². The molecule has 0 aromatic carbocycles. The lowest BCUT2D eigenvalue weighted by Crippen LogP contribution is -2.03. The van der Waals surface area contributed by atoms with Gasteiger partial charge in [0.25, 0.3) is 0 Å². The molecule has 0 bridgehead atoms. The van der Waals surface area contributed by atoms with Crippen LogP contribution in [-0.2, 0) is 10.8 Å². The molecular weight excluding hydrogens is 196 g/mol. The van der Waals surface area contributed by atoms with Gasteiger partial charge in [-0.1, -0.05) is 12.8 Å². The molecule has 76 valence electrons. The van der Waals surface area contributed by atoms with Crippen molar-refractivity contribution in [2.24, 2.45) is 5.92 Å². The number of aromatic nitrogens is 1. The van der Waals surface area contributed by atoms with Gasteiger partial charge in [-0.25, -0.2) is 0 Å². The third-order valence-corrected chi connectivity index (χ3v) is 3.93. The van der Waals surface area contributed by atoms with Gasteiger partial charge in [0.1, 0.15) is 0 Å². The molecule has 1 aromatic heterocycles. The molecule has 1 aliphatic carbocycles. The first kappa shape index (κ1) is 9.65. The summed E-state index contributed by atoms with van der Waals surface area (Å²) in [6.07, 6.45) is 6.88.